The molecule has 0 aromatic rings. The van der Waals surface area contributed by atoms with E-state index in [1.165, 1.54) is 25.7 Å². The number of piperidine rings is 1. The van der Waals surface area contributed by atoms with Crippen molar-refractivity contribution in [1.29, 1.82) is 0 Å². The number of hydrogen-bond donors (Lipinski definition) is 1. The molecule has 0 aromatic carbocycles. The molecule has 5 fully saturated rings. The molecule has 180 valence electrons. The highest BCUT2D eigenvalue weighted by Gasteiger charge is 2.71. The van der Waals surface area contributed by atoms with Crippen LogP contribution in [0.1, 0.15) is 91.9 Å². The van der Waals surface area contributed by atoms with Gasteiger partial charge in [-0.2, -0.15) is 0 Å². The molecule has 10 atom stereocenters. The van der Waals surface area contributed by atoms with E-state index in [4.69, 9.17) is 11.3 Å². The smallest absolute Gasteiger partial charge is 0.360 e. The average molecular weight is 452 g/mol. The minimum Gasteiger partial charge on any atom is -0.360 e. The molecule has 0 unspecified atom stereocenters. The molecule has 2 saturated heterocycles. The molecule has 1 N–H and O–H groups in total. The largest absolute Gasteiger partial charge is 0.365 e. The van der Waals surface area contributed by atoms with Crippen molar-refractivity contribution in [2.75, 3.05) is 6.54 Å². The van der Waals surface area contributed by atoms with Gasteiger partial charge in [0.05, 0.1) is 11.5 Å². The van der Waals surface area contributed by atoms with Crippen LogP contribution in [0.25, 0.3) is 4.85 Å². The van der Waals surface area contributed by atoms with Gasteiger partial charge in [-0.1, -0.05) is 36.8 Å². The summed E-state index contributed by atoms with van der Waals surface area (Å²) in [5, 5.41) is 3.73. The third-order valence-electron chi connectivity index (χ3n) is 11.8. The SMILES string of the molecule is C#[N+][C@@]12NC[C@@H](C)C[C@H]1O[C@]1(CC[C@@H]3C(=C(C)C1)C[C@H]1[C@H]3CC[C@@H]3CC(=O)CC[C@@]31C)[C@@H]2C. The third kappa shape index (κ3) is 2.97. The number of hydrogen-bond acceptors (Lipinski definition) is 3. The van der Waals surface area contributed by atoms with Crippen molar-refractivity contribution in [1.82, 2.24) is 5.32 Å². The molecule has 2 heterocycles. The summed E-state index contributed by atoms with van der Waals surface area (Å²) in [7, 11) is 0. The number of ketones is 1. The van der Waals surface area contributed by atoms with E-state index in [1.54, 1.807) is 11.1 Å². The summed E-state index contributed by atoms with van der Waals surface area (Å²) < 4.78 is 7.03. The zero-order valence-corrected chi connectivity index (χ0v) is 21.2. The van der Waals surface area contributed by atoms with Crippen LogP contribution in [0.15, 0.2) is 11.1 Å². The highest BCUT2D eigenvalue weighted by Crippen LogP contribution is 2.65. The van der Waals surface area contributed by atoms with Gasteiger partial charge in [-0.15, -0.1) is 0 Å². The van der Waals surface area contributed by atoms with Gasteiger partial charge in [-0.25, -0.2) is 5.32 Å². The molecule has 2 aliphatic heterocycles. The highest BCUT2D eigenvalue weighted by atomic mass is 16.5. The Bertz CT molecular complexity index is 934. The van der Waals surface area contributed by atoms with E-state index < -0.39 is 5.66 Å². The van der Waals surface area contributed by atoms with E-state index in [9.17, 15) is 4.79 Å². The molecular formula is C29H43N2O2+. The fourth-order valence-electron chi connectivity index (χ4n) is 9.82. The normalized spacial score (nSPS) is 53.7. The predicted molar refractivity (Wildman–Crippen MR) is 131 cm³/mol. The lowest BCUT2D eigenvalue weighted by atomic mass is 9.52. The molecule has 4 aliphatic carbocycles. The van der Waals surface area contributed by atoms with Crippen LogP contribution in [0.3, 0.4) is 0 Å². The van der Waals surface area contributed by atoms with E-state index >= 15 is 0 Å². The zero-order chi connectivity index (χ0) is 23.2. The Kier molecular flexibility index (Phi) is 5.01. The van der Waals surface area contributed by atoms with E-state index in [2.05, 4.69) is 37.9 Å². The molecule has 0 bridgehead atoms. The first-order chi connectivity index (χ1) is 15.7. The van der Waals surface area contributed by atoms with Crippen molar-refractivity contribution in [3.8, 4) is 6.57 Å². The van der Waals surface area contributed by atoms with Crippen LogP contribution in [0, 0.1) is 47.5 Å². The Labute approximate surface area is 200 Å². The number of carbonyl (C=O) groups is 1. The van der Waals surface area contributed by atoms with E-state index in [0.29, 0.717) is 29.0 Å². The first kappa shape index (κ1) is 22.3. The lowest BCUT2D eigenvalue weighted by molar-refractivity contribution is -0.129. The second-order valence-electron chi connectivity index (χ2n) is 13.2. The van der Waals surface area contributed by atoms with E-state index in [1.807, 2.05) is 0 Å². The molecule has 1 spiro atoms. The molecule has 4 heteroatoms. The molecular weight excluding hydrogens is 408 g/mol. The summed E-state index contributed by atoms with van der Waals surface area (Å²) in [4.78, 5) is 16.7. The topological polar surface area (TPSA) is 42.7 Å². The summed E-state index contributed by atoms with van der Waals surface area (Å²) in [5.74, 6) is 4.27. The summed E-state index contributed by atoms with van der Waals surface area (Å²) >= 11 is 0. The Morgan fingerprint density at radius 3 is 2.76 bits per heavy atom. The Morgan fingerprint density at radius 1 is 1.15 bits per heavy atom. The second-order valence-corrected chi connectivity index (χ2v) is 13.2. The van der Waals surface area contributed by atoms with Gasteiger partial charge in [0.15, 0.2) is 6.10 Å². The van der Waals surface area contributed by atoms with Gasteiger partial charge < -0.3 is 4.74 Å². The van der Waals surface area contributed by atoms with Gasteiger partial charge in [-0.3, -0.25) is 4.79 Å². The van der Waals surface area contributed by atoms with Crippen LogP contribution in [0.5, 0.6) is 0 Å². The number of allylic oxidation sites excluding steroid dienone is 1. The number of nitrogens with zero attached hydrogens (tertiary/aromatic N) is 1. The van der Waals surface area contributed by atoms with Crippen LogP contribution in [-0.4, -0.2) is 29.7 Å². The van der Waals surface area contributed by atoms with Gasteiger partial charge >= 0.3 is 5.66 Å². The number of rotatable bonds is 0. The van der Waals surface area contributed by atoms with Gasteiger partial charge in [0.25, 0.3) is 6.57 Å². The van der Waals surface area contributed by atoms with Crippen molar-refractivity contribution >= 4 is 5.78 Å². The summed E-state index contributed by atoms with van der Waals surface area (Å²) in [6.07, 6.45) is 11.1. The molecule has 33 heavy (non-hydrogen) atoms. The first-order valence-corrected chi connectivity index (χ1v) is 13.8. The number of Topliss-reactive ketones (excluding diaryl/α,β-unsaturated/α-hetero) is 1. The molecule has 6 aliphatic rings. The van der Waals surface area contributed by atoms with Crippen molar-refractivity contribution in [2.45, 2.75) is 109 Å². The van der Waals surface area contributed by atoms with Crippen LogP contribution in [0.2, 0.25) is 0 Å². The van der Waals surface area contributed by atoms with E-state index in [0.717, 1.165) is 56.9 Å². The lowest BCUT2D eigenvalue weighted by Crippen LogP contribution is -2.59. The number of carbonyl (C=O) groups excluding carboxylic acids is 1. The standard InChI is InChI=1S/C29H43N2O2/c1-17-12-26-29(30-5,31-16-17)19(3)28(33-26)11-9-22-23-7-6-20-13-21(32)8-10-27(20,4)25(23)14-24(22)18(2)15-28/h5,17,19-20,22-23,25-26,31H,6-16H2,1-4H3/q+1/t17-,19-,20+,22-,23-,25-,26+,27-,28-,29-/m0/s1. The summed E-state index contributed by atoms with van der Waals surface area (Å²) in [6.45, 7) is 16.6. The van der Waals surface area contributed by atoms with Crippen LogP contribution < -0.4 is 5.32 Å². The second kappa shape index (κ2) is 7.41. The maximum atomic E-state index is 12.2. The molecule has 4 nitrogen and oxygen atoms in total. The number of ether oxygens (including phenoxy) is 1. The fourth-order valence-corrected chi connectivity index (χ4v) is 9.82. The quantitative estimate of drug-likeness (QED) is 0.461. The van der Waals surface area contributed by atoms with Crippen molar-refractivity contribution < 1.29 is 9.53 Å². The van der Waals surface area contributed by atoms with Gasteiger partial charge in [0.2, 0.25) is 0 Å². The van der Waals surface area contributed by atoms with Crippen molar-refractivity contribution in [2.24, 2.45) is 40.9 Å². The maximum Gasteiger partial charge on any atom is 0.365 e. The van der Waals surface area contributed by atoms with Crippen molar-refractivity contribution in [3.63, 3.8) is 0 Å². The predicted octanol–water partition coefficient (Wildman–Crippen LogP) is 5.97. The number of nitrogens with one attached hydrogen (secondary N) is 1. The Morgan fingerprint density at radius 2 is 1.97 bits per heavy atom. The van der Waals surface area contributed by atoms with Gasteiger partial charge in [0, 0.05) is 19.4 Å². The third-order valence-corrected chi connectivity index (χ3v) is 11.8. The maximum absolute atomic E-state index is 12.2. The Balaban J connectivity index is 1.31. The van der Waals surface area contributed by atoms with Crippen LogP contribution >= 0.6 is 0 Å². The fraction of sp³-hybridized carbons (Fsp3) is 0.862. The molecule has 0 amide bonds. The minimum atomic E-state index is -0.431. The highest BCUT2D eigenvalue weighted by molar-refractivity contribution is 5.79. The zero-order valence-electron chi connectivity index (χ0n) is 21.2. The molecule has 0 radical (unpaired) electrons. The van der Waals surface area contributed by atoms with Crippen LogP contribution in [-0.2, 0) is 9.53 Å². The summed E-state index contributed by atoms with van der Waals surface area (Å²) in [5.41, 5.74) is 3.12. The first-order valence-electron chi connectivity index (χ1n) is 13.8. The summed E-state index contributed by atoms with van der Waals surface area (Å²) in [6, 6.07) is 0. The minimum absolute atomic E-state index is 0.0823. The van der Waals surface area contributed by atoms with E-state index in [-0.39, 0.29) is 17.6 Å². The molecule has 6 rings (SSSR count). The van der Waals surface area contributed by atoms with Gasteiger partial charge in [-0.05, 0) is 93.3 Å². The lowest BCUT2D eigenvalue weighted by Gasteiger charge is -2.52. The average Bonchev–Trinajstić information content (AvgIpc) is 3.23. The molecule has 3 saturated carbocycles. The number of fused-ring (bicyclic) bond motifs is 6. The van der Waals surface area contributed by atoms with Gasteiger partial charge in [0.1, 0.15) is 5.78 Å². The van der Waals surface area contributed by atoms with Crippen molar-refractivity contribution in [3.05, 3.63) is 16.0 Å². The Hall–Kier alpha value is -1.18. The monoisotopic (exact) mass is 451 g/mol. The molecule has 0 aromatic heterocycles. The van der Waals surface area contributed by atoms with Crippen LogP contribution in [0.4, 0.5) is 0 Å².